The third-order valence-electron chi connectivity index (χ3n) is 4.93. The molecule has 1 aliphatic rings. The molecular weight excluding hydrogens is 390 g/mol. The zero-order chi connectivity index (χ0) is 20.4. The quantitative estimate of drug-likeness (QED) is 0.455. The number of carbonyl (C=O) groups is 1. The summed E-state index contributed by atoms with van der Waals surface area (Å²) < 4.78 is 11.3. The standard InChI is InChI=1S/C22H22ClN3O3/c1-26-13-14-10-15(4-5-16(14)22(26)27)25-18-6-8-24-19-12-21(29-9-3-7-23)20(28-2)11-17(18)19/h4-6,8,10-12H,3,7,9,13H2,1-2H3,(H,24,25). The molecule has 0 atom stereocenters. The highest BCUT2D eigenvalue weighted by molar-refractivity contribution is 6.17. The number of nitrogens with zero attached hydrogens (tertiary/aromatic N) is 2. The molecule has 150 valence electrons. The van der Waals surface area contributed by atoms with Crippen LogP contribution in [0.1, 0.15) is 22.3 Å². The van der Waals surface area contributed by atoms with E-state index in [2.05, 4.69) is 10.3 Å². The third-order valence-corrected chi connectivity index (χ3v) is 5.20. The number of nitrogens with one attached hydrogen (secondary N) is 1. The molecule has 0 saturated heterocycles. The molecule has 2 heterocycles. The van der Waals surface area contributed by atoms with E-state index in [-0.39, 0.29) is 5.91 Å². The van der Waals surface area contributed by atoms with Gasteiger partial charge in [-0.3, -0.25) is 9.78 Å². The average Bonchev–Trinajstić information content (AvgIpc) is 3.01. The summed E-state index contributed by atoms with van der Waals surface area (Å²) in [5.74, 6) is 1.90. The van der Waals surface area contributed by atoms with Crippen molar-refractivity contribution in [3.05, 3.63) is 53.7 Å². The van der Waals surface area contributed by atoms with Gasteiger partial charge in [0.25, 0.3) is 5.91 Å². The number of ether oxygens (including phenoxy) is 2. The first-order chi connectivity index (χ1) is 14.1. The first-order valence-corrected chi connectivity index (χ1v) is 9.95. The summed E-state index contributed by atoms with van der Waals surface area (Å²) in [6.07, 6.45) is 2.51. The maximum absolute atomic E-state index is 12.1. The summed E-state index contributed by atoms with van der Waals surface area (Å²) in [5.41, 5.74) is 4.40. The molecule has 1 amide bonds. The number of amides is 1. The lowest BCUT2D eigenvalue weighted by Gasteiger charge is -2.14. The fourth-order valence-corrected chi connectivity index (χ4v) is 3.58. The van der Waals surface area contributed by atoms with E-state index in [0.717, 1.165) is 39.8 Å². The number of hydrogen-bond acceptors (Lipinski definition) is 5. The number of benzene rings is 2. The van der Waals surface area contributed by atoms with E-state index < -0.39 is 0 Å². The summed E-state index contributed by atoms with van der Waals surface area (Å²) in [7, 11) is 3.43. The van der Waals surface area contributed by atoms with E-state index in [1.54, 1.807) is 18.2 Å². The molecule has 0 radical (unpaired) electrons. The highest BCUT2D eigenvalue weighted by Crippen LogP contribution is 2.36. The van der Waals surface area contributed by atoms with Crippen LogP contribution in [0.3, 0.4) is 0 Å². The maximum Gasteiger partial charge on any atom is 0.254 e. The van der Waals surface area contributed by atoms with Crippen molar-refractivity contribution >= 4 is 39.8 Å². The Bertz CT molecular complexity index is 1070. The monoisotopic (exact) mass is 411 g/mol. The van der Waals surface area contributed by atoms with Crippen molar-refractivity contribution in [2.45, 2.75) is 13.0 Å². The summed E-state index contributed by atoms with van der Waals surface area (Å²) >= 11 is 5.73. The molecule has 6 nitrogen and oxygen atoms in total. The van der Waals surface area contributed by atoms with Gasteiger partial charge in [-0.15, -0.1) is 11.6 Å². The fourth-order valence-electron chi connectivity index (χ4n) is 3.47. The first kappa shape index (κ1) is 19.3. The van der Waals surface area contributed by atoms with Crippen LogP contribution in [-0.4, -0.2) is 42.4 Å². The molecule has 7 heteroatoms. The van der Waals surface area contributed by atoms with Crippen LogP contribution in [0.4, 0.5) is 11.4 Å². The predicted octanol–water partition coefficient (Wildman–Crippen LogP) is 4.58. The predicted molar refractivity (Wildman–Crippen MR) is 115 cm³/mol. The van der Waals surface area contributed by atoms with E-state index in [1.165, 1.54) is 0 Å². The molecule has 0 saturated carbocycles. The van der Waals surface area contributed by atoms with Crippen LogP contribution in [0.5, 0.6) is 11.5 Å². The first-order valence-electron chi connectivity index (χ1n) is 9.41. The number of fused-ring (bicyclic) bond motifs is 2. The van der Waals surface area contributed by atoms with Crippen molar-refractivity contribution in [2.24, 2.45) is 0 Å². The Kier molecular flexibility index (Phi) is 5.45. The van der Waals surface area contributed by atoms with Gasteiger partial charge >= 0.3 is 0 Å². The molecule has 0 fully saturated rings. The topological polar surface area (TPSA) is 63.7 Å². The van der Waals surface area contributed by atoms with Crippen LogP contribution in [0.25, 0.3) is 10.9 Å². The van der Waals surface area contributed by atoms with Crippen molar-refractivity contribution in [2.75, 3.05) is 32.0 Å². The second-order valence-electron chi connectivity index (χ2n) is 6.93. The van der Waals surface area contributed by atoms with Crippen molar-refractivity contribution in [1.82, 2.24) is 9.88 Å². The summed E-state index contributed by atoms with van der Waals surface area (Å²) in [4.78, 5) is 18.3. The molecule has 29 heavy (non-hydrogen) atoms. The van der Waals surface area contributed by atoms with Gasteiger partial charge < -0.3 is 19.7 Å². The number of pyridine rings is 1. The van der Waals surface area contributed by atoms with Crippen LogP contribution >= 0.6 is 11.6 Å². The summed E-state index contributed by atoms with van der Waals surface area (Å²) in [6.45, 7) is 1.14. The Balaban J connectivity index is 1.66. The molecule has 0 spiro atoms. The average molecular weight is 412 g/mol. The molecule has 4 rings (SSSR count). The van der Waals surface area contributed by atoms with Crippen molar-refractivity contribution in [3.8, 4) is 11.5 Å². The minimum Gasteiger partial charge on any atom is -0.493 e. The zero-order valence-electron chi connectivity index (χ0n) is 16.4. The molecule has 0 unspecified atom stereocenters. The maximum atomic E-state index is 12.1. The second-order valence-corrected chi connectivity index (χ2v) is 7.31. The smallest absolute Gasteiger partial charge is 0.254 e. The number of aromatic nitrogens is 1. The van der Waals surface area contributed by atoms with Crippen LogP contribution in [0.2, 0.25) is 0 Å². The zero-order valence-corrected chi connectivity index (χ0v) is 17.1. The van der Waals surface area contributed by atoms with Gasteiger partial charge in [-0.1, -0.05) is 0 Å². The van der Waals surface area contributed by atoms with Gasteiger partial charge in [-0.25, -0.2) is 0 Å². The van der Waals surface area contributed by atoms with E-state index >= 15 is 0 Å². The SMILES string of the molecule is COc1cc2c(Nc3ccc4c(c3)CN(C)C4=O)ccnc2cc1OCCCCl. The molecule has 1 aromatic heterocycles. The van der Waals surface area contributed by atoms with Crippen molar-refractivity contribution in [1.29, 1.82) is 0 Å². The number of carbonyl (C=O) groups excluding carboxylic acids is 1. The lowest BCUT2D eigenvalue weighted by atomic mass is 10.1. The van der Waals surface area contributed by atoms with Crippen molar-refractivity contribution < 1.29 is 14.3 Å². The number of alkyl halides is 1. The van der Waals surface area contributed by atoms with Crippen LogP contribution < -0.4 is 14.8 Å². The van der Waals surface area contributed by atoms with Gasteiger partial charge in [0.15, 0.2) is 11.5 Å². The molecule has 2 aromatic carbocycles. The number of hydrogen-bond donors (Lipinski definition) is 1. The van der Waals surface area contributed by atoms with Gasteiger partial charge in [-0.05, 0) is 42.3 Å². The largest absolute Gasteiger partial charge is 0.493 e. The van der Waals surface area contributed by atoms with Gasteiger partial charge in [0.1, 0.15) is 0 Å². The Morgan fingerprint density at radius 2 is 2.07 bits per heavy atom. The molecule has 1 aliphatic heterocycles. The van der Waals surface area contributed by atoms with E-state index in [1.807, 2.05) is 43.4 Å². The highest BCUT2D eigenvalue weighted by Gasteiger charge is 2.24. The second kappa shape index (κ2) is 8.17. The third kappa shape index (κ3) is 3.80. The normalized spacial score (nSPS) is 12.9. The Morgan fingerprint density at radius 3 is 2.86 bits per heavy atom. The summed E-state index contributed by atoms with van der Waals surface area (Å²) in [6, 6.07) is 11.5. The minimum atomic E-state index is 0.0624. The number of anilines is 2. The lowest BCUT2D eigenvalue weighted by Crippen LogP contribution is -2.17. The molecular formula is C22H22ClN3O3. The molecule has 3 aromatic rings. The van der Waals surface area contributed by atoms with E-state index in [0.29, 0.717) is 30.5 Å². The number of rotatable bonds is 7. The van der Waals surface area contributed by atoms with E-state index in [4.69, 9.17) is 21.1 Å². The van der Waals surface area contributed by atoms with Crippen LogP contribution in [0.15, 0.2) is 42.6 Å². The number of halogens is 1. The van der Waals surface area contributed by atoms with Gasteiger partial charge in [0.05, 0.1) is 19.2 Å². The van der Waals surface area contributed by atoms with Crippen LogP contribution in [0, 0.1) is 0 Å². The molecule has 0 bridgehead atoms. The minimum absolute atomic E-state index is 0.0624. The van der Waals surface area contributed by atoms with E-state index in [9.17, 15) is 4.79 Å². The highest BCUT2D eigenvalue weighted by atomic mass is 35.5. The Morgan fingerprint density at radius 1 is 1.21 bits per heavy atom. The molecule has 1 N–H and O–H groups in total. The fraction of sp³-hybridized carbons (Fsp3) is 0.273. The van der Waals surface area contributed by atoms with Gasteiger partial charge in [0.2, 0.25) is 0 Å². The lowest BCUT2D eigenvalue weighted by molar-refractivity contribution is 0.0816. The van der Waals surface area contributed by atoms with Crippen LogP contribution in [-0.2, 0) is 6.54 Å². The van der Waals surface area contributed by atoms with Gasteiger partial charge in [-0.2, -0.15) is 0 Å². The Hall–Kier alpha value is -2.99. The summed E-state index contributed by atoms with van der Waals surface area (Å²) in [5, 5.41) is 4.36. The Labute approximate surface area is 174 Å². The van der Waals surface area contributed by atoms with Crippen molar-refractivity contribution in [3.63, 3.8) is 0 Å². The molecule has 0 aliphatic carbocycles. The van der Waals surface area contributed by atoms with Gasteiger partial charge in [0, 0.05) is 54.1 Å². The number of methoxy groups -OCH3 is 1.